The minimum atomic E-state index is -3.49. The minimum absolute atomic E-state index is 0.149. The largest absolute Gasteiger partial charge is 0.339 e. The third kappa shape index (κ3) is 3.37. The minimum Gasteiger partial charge on any atom is -0.339 e. The summed E-state index contributed by atoms with van der Waals surface area (Å²) in [4.78, 5) is 15.1. The van der Waals surface area contributed by atoms with E-state index in [0.717, 1.165) is 28.6 Å². The van der Waals surface area contributed by atoms with Crippen LogP contribution in [0.3, 0.4) is 0 Å². The predicted octanol–water partition coefficient (Wildman–Crippen LogP) is 3.47. The first-order valence-corrected chi connectivity index (χ1v) is 12.1. The molecule has 1 aliphatic heterocycles. The number of carbonyl (C=O) groups is 1. The van der Waals surface area contributed by atoms with E-state index in [9.17, 15) is 13.2 Å². The Morgan fingerprint density at radius 1 is 1.00 bits per heavy atom. The van der Waals surface area contributed by atoms with Crippen molar-refractivity contribution < 1.29 is 13.2 Å². The Kier molecular flexibility index (Phi) is 5.18. The van der Waals surface area contributed by atoms with Gasteiger partial charge in [0.2, 0.25) is 5.91 Å². The van der Waals surface area contributed by atoms with Crippen molar-refractivity contribution in [2.75, 3.05) is 26.2 Å². The lowest BCUT2D eigenvalue weighted by Gasteiger charge is -2.45. The van der Waals surface area contributed by atoms with E-state index in [-0.39, 0.29) is 5.91 Å². The lowest BCUT2D eigenvalue weighted by molar-refractivity contribution is -0.142. The molecule has 0 unspecified atom stereocenters. The van der Waals surface area contributed by atoms with Crippen LogP contribution in [0.5, 0.6) is 0 Å². The summed E-state index contributed by atoms with van der Waals surface area (Å²) in [7, 11) is -3.49. The summed E-state index contributed by atoms with van der Waals surface area (Å²) in [5, 5.41) is 0. The van der Waals surface area contributed by atoms with Crippen LogP contribution >= 0.6 is 27.3 Å². The number of benzene rings is 1. The topological polar surface area (TPSA) is 57.7 Å². The molecule has 1 saturated carbocycles. The number of piperazine rings is 1. The SMILES string of the molecule is O=C(N1CCN(S(=O)(=O)c2ccc(Br)s2)CC1)C1(c2ccccc2)CCC1. The zero-order valence-corrected chi connectivity index (χ0v) is 18.0. The van der Waals surface area contributed by atoms with Gasteiger partial charge in [0.15, 0.2) is 0 Å². The Hall–Kier alpha value is -1.22. The maximum Gasteiger partial charge on any atom is 0.252 e. The summed E-state index contributed by atoms with van der Waals surface area (Å²) < 4.78 is 28.2. The molecule has 2 aromatic rings. The summed E-state index contributed by atoms with van der Waals surface area (Å²) in [5.74, 6) is 0.149. The van der Waals surface area contributed by atoms with Crippen molar-refractivity contribution in [3.8, 4) is 0 Å². The molecule has 27 heavy (non-hydrogen) atoms. The van der Waals surface area contributed by atoms with Crippen molar-refractivity contribution in [1.82, 2.24) is 9.21 Å². The van der Waals surface area contributed by atoms with Gasteiger partial charge in [-0.2, -0.15) is 4.31 Å². The Morgan fingerprint density at radius 2 is 1.67 bits per heavy atom. The van der Waals surface area contributed by atoms with Crippen LogP contribution in [0.15, 0.2) is 50.5 Å². The second kappa shape index (κ2) is 7.31. The molecule has 2 heterocycles. The summed E-state index contributed by atoms with van der Waals surface area (Å²) in [6.07, 6.45) is 2.80. The van der Waals surface area contributed by atoms with Gasteiger partial charge in [-0.05, 0) is 46.5 Å². The molecule has 2 fully saturated rings. The fourth-order valence-electron chi connectivity index (χ4n) is 3.91. The molecule has 0 atom stereocenters. The monoisotopic (exact) mass is 468 g/mol. The van der Waals surface area contributed by atoms with E-state index in [2.05, 4.69) is 15.9 Å². The summed E-state index contributed by atoms with van der Waals surface area (Å²) in [5.41, 5.74) is 0.667. The van der Waals surface area contributed by atoms with E-state index in [0.29, 0.717) is 30.4 Å². The Bertz CT molecular complexity index is 931. The van der Waals surface area contributed by atoms with E-state index in [1.807, 2.05) is 35.2 Å². The average Bonchev–Trinajstić information content (AvgIpc) is 3.09. The standard InChI is InChI=1S/C19H21BrN2O3S2/c20-16-7-8-17(26-16)27(24,25)22-13-11-21(12-14-22)18(23)19(9-4-10-19)15-5-2-1-3-6-15/h1-3,5-8H,4,9-14H2. The van der Waals surface area contributed by atoms with Crippen molar-refractivity contribution in [2.45, 2.75) is 28.9 Å². The van der Waals surface area contributed by atoms with Gasteiger partial charge in [0.25, 0.3) is 10.0 Å². The molecular formula is C19H21BrN2O3S2. The highest BCUT2D eigenvalue weighted by Crippen LogP contribution is 2.45. The van der Waals surface area contributed by atoms with Crippen LogP contribution < -0.4 is 0 Å². The predicted molar refractivity (Wildman–Crippen MR) is 109 cm³/mol. The lowest BCUT2D eigenvalue weighted by Crippen LogP contribution is -2.57. The van der Waals surface area contributed by atoms with Crippen molar-refractivity contribution in [3.63, 3.8) is 0 Å². The van der Waals surface area contributed by atoms with Crippen LogP contribution in [-0.2, 0) is 20.2 Å². The maximum absolute atomic E-state index is 13.3. The van der Waals surface area contributed by atoms with Gasteiger partial charge in [-0.1, -0.05) is 36.8 Å². The molecule has 0 N–H and O–H groups in total. The van der Waals surface area contributed by atoms with Crippen LogP contribution in [0.1, 0.15) is 24.8 Å². The molecule has 2 aliphatic rings. The second-order valence-corrected chi connectivity index (χ2v) is 11.7. The Morgan fingerprint density at radius 3 is 2.19 bits per heavy atom. The number of hydrogen-bond acceptors (Lipinski definition) is 4. The van der Waals surface area contributed by atoms with Gasteiger partial charge in [0.1, 0.15) is 4.21 Å². The van der Waals surface area contributed by atoms with E-state index >= 15 is 0 Å². The fourth-order valence-corrected chi connectivity index (χ4v) is 7.50. The summed E-state index contributed by atoms with van der Waals surface area (Å²) in [6.45, 7) is 1.57. The molecule has 1 aromatic heterocycles. The van der Waals surface area contributed by atoms with E-state index in [1.54, 1.807) is 12.1 Å². The molecule has 8 heteroatoms. The van der Waals surface area contributed by atoms with Crippen molar-refractivity contribution in [1.29, 1.82) is 0 Å². The van der Waals surface area contributed by atoms with Gasteiger partial charge in [0.05, 0.1) is 9.20 Å². The smallest absolute Gasteiger partial charge is 0.252 e. The van der Waals surface area contributed by atoms with Gasteiger partial charge >= 0.3 is 0 Å². The number of carbonyl (C=O) groups excluding carboxylic acids is 1. The average molecular weight is 469 g/mol. The first-order chi connectivity index (χ1) is 12.9. The van der Waals surface area contributed by atoms with Crippen LogP contribution in [-0.4, -0.2) is 49.7 Å². The fraction of sp³-hybridized carbons (Fsp3) is 0.421. The zero-order valence-electron chi connectivity index (χ0n) is 14.8. The van der Waals surface area contributed by atoms with Crippen molar-refractivity contribution in [2.24, 2.45) is 0 Å². The van der Waals surface area contributed by atoms with E-state index < -0.39 is 15.4 Å². The molecule has 5 nitrogen and oxygen atoms in total. The molecule has 0 bridgehead atoms. The van der Waals surface area contributed by atoms with Crippen LogP contribution in [0.4, 0.5) is 0 Å². The second-order valence-electron chi connectivity index (χ2n) is 7.06. The van der Waals surface area contributed by atoms with E-state index in [1.165, 1.54) is 15.6 Å². The molecule has 1 saturated heterocycles. The number of nitrogens with zero attached hydrogens (tertiary/aromatic N) is 2. The molecule has 0 radical (unpaired) electrons. The number of rotatable bonds is 4. The number of sulfonamides is 1. The summed E-state index contributed by atoms with van der Waals surface area (Å²) in [6, 6.07) is 13.4. The molecule has 1 amide bonds. The molecule has 1 aliphatic carbocycles. The first kappa shape index (κ1) is 19.1. The normalized spacial score (nSPS) is 20.3. The highest BCUT2D eigenvalue weighted by atomic mass is 79.9. The Labute approximate surface area is 172 Å². The quantitative estimate of drug-likeness (QED) is 0.689. The van der Waals surface area contributed by atoms with Crippen molar-refractivity contribution >= 4 is 43.2 Å². The third-order valence-corrected chi connectivity index (χ3v) is 9.60. The van der Waals surface area contributed by atoms with E-state index in [4.69, 9.17) is 0 Å². The molecule has 4 rings (SSSR count). The molecule has 144 valence electrons. The third-order valence-electron chi connectivity index (χ3n) is 5.61. The number of thiophene rings is 1. The lowest BCUT2D eigenvalue weighted by atomic mass is 9.63. The number of amides is 1. The maximum atomic E-state index is 13.3. The summed E-state index contributed by atoms with van der Waals surface area (Å²) >= 11 is 4.53. The number of halogens is 1. The highest BCUT2D eigenvalue weighted by molar-refractivity contribution is 9.11. The first-order valence-electron chi connectivity index (χ1n) is 9.04. The Balaban J connectivity index is 1.47. The highest BCUT2D eigenvalue weighted by Gasteiger charge is 2.48. The van der Waals surface area contributed by atoms with Gasteiger partial charge in [-0.25, -0.2) is 8.42 Å². The van der Waals surface area contributed by atoms with Crippen molar-refractivity contribution in [3.05, 3.63) is 51.8 Å². The van der Waals surface area contributed by atoms with Gasteiger partial charge < -0.3 is 4.90 Å². The molecule has 1 aromatic carbocycles. The molecular weight excluding hydrogens is 448 g/mol. The zero-order chi connectivity index (χ0) is 19.1. The van der Waals surface area contributed by atoms with Crippen LogP contribution in [0, 0.1) is 0 Å². The van der Waals surface area contributed by atoms with Gasteiger partial charge in [0, 0.05) is 26.2 Å². The van der Waals surface area contributed by atoms with Crippen LogP contribution in [0.25, 0.3) is 0 Å². The molecule has 0 spiro atoms. The van der Waals surface area contributed by atoms with Crippen LogP contribution in [0.2, 0.25) is 0 Å². The van der Waals surface area contributed by atoms with Gasteiger partial charge in [-0.3, -0.25) is 4.79 Å². The van der Waals surface area contributed by atoms with Gasteiger partial charge in [-0.15, -0.1) is 11.3 Å². The number of hydrogen-bond donors (Lipinski definition) is 0.